The minimum Gasteiger partial charge on any atom is -0.334 e. The van der Waals surface area contributed by atoms with Crippen LogP contribution in [0.2, 0.25) is 0 Å². The van der Waals surface area contributed by atoms with Gasteiger partial charge in [-0.3, -0.25) is 0 Å². The highest BCUT2D eigenvalue weighted by Crippen LogP contribution is 2.31. The van der Waals surface area contributed by atoms with E-state index in [1.54, 1.807) is 11.3 Å². The van der Waals surface area contributed by atoms with Gasteiger partial charge in [0.25, 0.3) is 0 Å². The second-order valence-corrected chi connectivity index (χ2v) is 8.35. The quantitative estimate of drug-likeness (QED) is 0.379. The Kier molecular flexibility index (Phi) is 5.41. The molecule has 140 valence electrons. The van der Waals surface area contributed by atoms with Gasteiger partial charge in [-0.15, -0.1) is 11.3 Å². The molecular formula is C22H18BrN3OS. The lowest BCUT2D eigenvalue weighted by Gasteiger charge is -2.09. The number of carbonyl (C=O) groups excluding carboxylic acids is 1. The molecular weight excluding hydrogens is 434 g/mol. The molecule has 4 nitrogen and oxygen atoms in total. The first-order chi connectivity index (χ1) is 13.6. The molecule has 0 saturated carbocycles. The maximum Gasteiger partial charge on any atom is 0.319 e. The molecule has 4 aromatic rings. The van der Waals surface area contributed by atoms with Gasteiger partial charge in [0, 0.05) is 22.3 Å². The summed E-state index contributed by atoms with van der Waals surface area (Å²) < 4.78 is 2.16. The molecule has 0 aliphatic heterocycles. The van der Waals surface area contributed by atoms with Crippen molar-refractivity contribution in [3.05, 3.63) is 82.3 Å². The molecule has 28 heavy (non-hydrogen) atoms. The van der Waals surface area contributed by atoms with E-state index < -0.39 is 0 Å². The Morgan fingerprint density at radius 3 is 2.64 bits per heavy atom. The number of aromatic nitrogens is 1. The van der Waals surface area contributed by atoms with Crippen LogP contribution in [0.5, 0.6) is 0 Å². The number of urea groups is 1. The van der Waals surface area contributed by atoms with Crippen molar-refractivity contribution in [2.75, 3.05) is 5.32 Å². The number of nitrogens with one attached hydrogen (secondary N) is 2. The number of anilines is 1. The van der Waals surface area contributed by atoms with Crippen LogP contribution < -0.4 is 10.6 Å². The third-order valence-corrected chi connectivity index (χ3v) is 6.17. The molecule has 0 aliphatic rings. The van der Waals surface area contributed by atoms with E-state index in [0.29, 0.717) is 6.54 Å². The number of rotatable bonds is 4. The Balaban J connectivity index is 1.41. The molecule has 4 rings (SSSR count). The fourth-order valence-electron chi connectivity index (χ4n) is 2.84. The number of hydrogen-bond acceptors (Lipinski definition) is 3. The maximum absolute atomic E-state index is 12.2. The van der Waals surface area contributed by atoms with Gasteiger partial charge in [-0.2, -0.15) is 0 Å². The number of nitrogens with zero attached hydrogens (tertiary/aromatic N) is 1. The van der Waals surface area contributed by atoms with E-state index >= 15 is 0 Å². The second kappa shape index (κ2) is 8.12. The number of aryl methyl sites for hydroxylation is 1. The van der Waals surface area contributed by atoms with Gasteiger partial charge in [-0.1, -0.05) is 40.2 Å². The van der Waals surface area contributed by atoms with Gasteiger partial charge in [-0.05, 0) is 60.5 Å². The van der Waals surface area contributed by atoms with Gasteiger partial charge in [0.15, 0.2) is 0 Å². The minimum atomic E-state index is -0.237. The van der Waals surface area contributed by atoms with Gasteiger partial charge < -0.3 is 10.6 Å². The van der Waals surface area contributed by atoms with Crippen LogP contribution in [-0.2, 0) is 6.54 Å². The average Bonchev–Trinajstić information content (AvgIpc) is 3.11. The molecule has 1 aromatic heterocycles. The number of thiazole rings is 1. The molecule has 0 saturated heterocycles. The van der Waals surface area contributed by atoms with E-state index in [4.69, 9.17) is 4.98 Å². The summed E-state index contributed by atoms with van der Waals surface area (Å²) >= 11 is 5.16. The van der Waals surface area contributed by atoms with Crippen LogP contribution in [-0.4, -0.2) is 11.0 Å². The van der Waals surface area contributed by atoms with E-state index in [2.05, 4.69) is 51.7 Å². The molecule has 0 fully saturated rings. The average molecular weight is 452 g/mol. The lowest BCUT2D eigenvalue weighted by molar-refractivity contribution is 0.251. The lowest BCUT2D eigenvalue weighted by Crippen LogP contribution is -2.28. The van der Waals surface area contributed by atoms with E-state index in [1.807, 2.05) is 48.5 Å². The zero-order valence-electron chi connectivity index (χ0n) is 15.2. The van der Waals surface area contributed by atoms with Gasteiger partial charge in [0.2, 0.25) is 0 Å². The summed E-state index contributed by atoms with van der Waals surface area (Å²) in [6.45, 7) is 2.54. The molecule has 1 heterocycles. The van der Waals surface area contributed by atoms with Crippen molar-refractivity contribution < 1.29 is 4.79 Å². The summed E-state index contributed by atoms with van der Waals surface area (Å²) in [6.07, 6.45) is 0. The number of hydrogen-bond donors (Lipinski definition) is 2. The van der Waals surface area contributed by atoms with Crippen molar-refractivity contribution in [2.24, 2.45) is 0 Å². The summed E-state index contributed by atoms with van der Waals surface area (Å²) in [7, 11) is 0. The monoisotopic (exact) mass is 451 g/mol. The molecule has 0 bridgehead atoms. The zero-order valence-corrected chi connectivity index (χ0v) is 17.6. The summed E-state index contributed by atoms with van der Waals surface area (Å²) in [5.74, 6) is 0. The van der Waals surface area contributed by atoms with Crippen LogP contribution in [0.15, 0.2) is 71.2 Å². The first-order valence-electron chi connectivity index (χ1n) is 8.84. The molecule has 3 aromatic carbocycles. The molecule has 0 radical (unpaired) electrons. The smallest absolute Gasteiger partial charge is 0.319 e. The third-order valence-electron chi connectivity index (χ3n) is 4.33. The predicted molar refractivity (Wildman–Crippen MR) is 120 cm³/mol. The Labute approximate surface area is 175 Å². The fraction of sp³-hybridized carbons (Fsp3) is 0.0909. The van der Waals surface area contributed by atoms with E-state index in [-0.39, 0.29) is 6.03 Å². The van der Waals surface area contributed by atoms with Crippen molar-refractivity contribution in [3.63, 3.8) is 0 Å². The molecule has 6 heteroatoms. The Morgan fingerprint density at radius 2 is 1.86 bits per heavy atom. The third kappa shape index (κ3) is 4.24. The minimum absolute atomic E-state index is 0.237. The Bertz CT molecular complexity index is 1140. The highest BCUT2D eigenvalue weighted by molar-refractivity contribution is 9.10. The van der Waals surface area contributed by atoms with Gasteiger partial charge in [0.1, 0.15) is 5.01 Å². The van der Waals surface area contributed by atoms with E-state index in [9.17, 15) is 4.79 Å². The van der Waals surface area contributed by atoms with Crippen LogP contribution in [0.3, 0.4) is 0 Å². The van der Waals surface area contributed by atoms with Gasteiger partial charge in [0.05, 0.1) is 10.2 Å². The molecule has 0 spiro atoms. The SMILES string of the molecule is Cc1ccc2nc(-c3ccc(NC(=O)NCc4ccccc4Br)cc3)sc2c1. The van der Waals surface area contributed by atoms with Crippen LogP contribution in [0.25, 0.3) is 20.8 Å². The highest BCUT2D eigenvalue weighted by atomic mass is 79.9. The molecule has 0 aliphatic carbocycles. The zero-order chi connectivity index (χ0) is 19.5. The van der Waals surface area contributed by atoms with Crippen LogP contribution in [0.1, 0.15) is 11.1 Å². The van der Waals surface area contributed by atoms with Crippen LogP contribution >= 0.6 is 27.3 Å². The van der Waals surface area contributed by atoms with E-state index in [1.165, 1.54) is 10.3 Å². The standard InChI is InChI=1S/C22H18BrN3OS/c1-14-6-11-19-20(12-14)28-21(26-19)15-7-9-17(10-8-15)25-22(27)24-13-16-4-2-3-5-18(16)23/h2-12H,13H2,1H3,(H2,24,25,27). The van der Waals surface area contributed by atoms with Crippen molar-refractivity contribution in [1.82, 2.24) is 10.3 Å². The topological polar surface area (TPSA) is 54.0 Å². The first-order valence-corrected chi connectivity index (χ1v) is 10.5. The first kappa shape index (κ1) is 18.7. The van der Waals surface area contributed by atoms with Crippen molar-refractivity contribution in [3.8, 4) is 10.6 Å². The number of fused-ring (bicyclic) bond motifs is 1. The molecule has 2 amide bonds. The summed E-state index contributed by atoms with van der Waals surface area (Å²) in [6, 6.07) is 21.6. The number of halogens is 1. The van der Waals surface area contributed by atoms with Crippen LogP contribution in [0.4, 0.5) is 10.5 Å². The summed E-state index contributed by atoms with van der Waals surface area (Å²) in [5, 5.41) is 6.71. The number of amides is 2. The second-order valence-electron chi connectivity index (χ2n) is 6.47. The number of benzene rings is 3. The molecule has 0 atom stereocenters. The Morgan fingerprint density at radius 1 is 1.07 bits per heavy atom. The summed E-state index contributed by atoms with van der Waals surface area (Å²) in [5.41, 5.74) is 5.05. The van der Waals surface area contributed by atoms with Crippen molar-refractivity contribution in [1.29, 1.82) is 0 Å². The predicted octanol–water partition coefficient (Wildman–Crippen LogP) is 6.36. The van der Waals surface area contributed by atoms with Crippen molar-refractivity contribution in [2.45, 2.75) is 13.5 Å². The lowest BCUT2D eigenvalue weighted by atomic mass is 10.2. The van der Waals surface area contributed by atoms with Gasteiger partial charge in [-0.25, -0.2) is 9.78 Å². The maximum atomic E-state index is 12.2. The molecule has 0 unspecified atom stereocenters. The fourth-order valence-corrected chi connectivity index (χ4v) is 4.34. The van der Waals surface area contributed by atoms with Gasteiger partial charge >= 0.3 is 6.03 Å². The van der Waals surface area contributed by atoms with Crippen LogP contribution in [0, 0.1) is 6.92 Å². The highest BCUT2D eigenvalue weighted by Gasteiger charge is 2.08. The molecule has 2 N–H and O–H groups in total. The van der Waals surface area contributed by atoms with Crippen molar-refractivity contribution >= 4 is 49.2 Å². The van der Waals surface area contributed by atoms with E-state index in [0.717, 1.165) is 31.8 Å². The normalized spacial score (nSPS) is 10.8. The Hall–Kier alpha value is -2.70. The summed E-state index contributed by atoms with van der Waals surface area (Å²) in [4.78, 5) is 16.9. The largest absolute Gasteiger partial charge is 0.334 e. The number of carbonyl (C=O) groups is 1.